The summed E-state index contributed by atoms with van der Waals surface area (Å²) in [5, 5.41) is 12.4. The van der Waals surface area contributed by atoms with Crippen molar-refractivity contribution in [3.8, 4) is 17.2 Å². The van der Waals surface area contributed by atoms with Gasteiger partial charge in [-0.3, -0.25) is 9.59 Å². The van der Waals surface area contributed by atoms with Crippen LogP contribution in [0.25, 0.3) is 0 Å². The summed E-state index contributed by atoms with van der Waals surface area (Å²) in [6.07, 6.45) is 2.22. The Kier molecular flexibility index (Phi) is 16.9. The van der Waals surface area contributed by atoms with Crippen molar-refractivity contribution in [1.29, 1.82) is 0 Å². The van der Waals surface area contributed by atoms with Crippen molar-refractivity contribution in [3.05, 3.63) is 50.4 Å². The zero-order valence-corrected chi connectivity index (χ0v) is 24.2. The fourth-order valence-electron chi connectivity index (χ4n) is 2.35. The first-order valence-corrected chi connectivity index (χ1v) is 14.1. The fraction of sp³-hybridized carbons (Fsp3) is 0.417. The molecule has 0 aliphatic carbocycles. The van der Waals surface area contributed by atoms with Crippen LogP contribution in [0.3, 0.4) is 0 Å². The third-order valence-electron chi connectivity index (χ3n) is 3.57. The maximum absolute atomic E-state index is 12.3. The van der Waals surface area contributed by atoms with Crippen molar-refractivity contribution < 1.29 is 24.2 Å². The molecule has 6 nitrogen and oxygen atoms in total. The predicted molar refractivity (Wildman–Crippen MR) is 144 cm³/mol. The Morgan fingerprint density at radius 3 is 2.15 bits per heavy atom. The summed E-state index contributed by atoms with van der Waals surface area (Å²) in [5.41, 5.74) is 1.18. The minimum atomic E-state index is -0.603. The fourth-order valence-corrected chi connectivity index (χ4v) is 4.41. The van der Waals surface area contributed by atoms with E-state index < -0.39 is 11.9 Å². The van der Waals surface area contributed by atoms with Crippen molar-refractivity contribution in [2.75, 3.05) is 19.8 Å². The molecule has 2 rings (SSSR count). The second kappa shape index (κ2) is 17.8. The quantitative estimate of drug-likeness (QED) is 0.244. The maximum atomic E-state index is 12.3. The largest absolute Gasteiger partial charge is 0.507 e. The Balaban J connectivity index is 0.00000189. The molecule has 9 heteroatoms. The number of ether oxygens (including phenoxy) is 2. The summed E-state index contributed by atoms with van der Waals surface area (Å²) in [4.78, 5) is 23.7. The van der Waals surface area contributed by atoms with Crippen LogP contribution in [0.15, 0.2) is 39.3 Å². The lowest BCUT2D eigenvalue weighted by molar-refractivity contribution is -0.141. The number of hydrogen-bond acceptors (Lipinski definition) is 5. The Labute approximate surface area is 215 Å². The SMILES string of the molecule is CC.CCC.CCOC(=O)CNC(=O)c1cc(Oc2c(Br)cc(CPC)cc2Br)ccc1O. The van der Waals surface area contributed by atoms with Gasteiger partial charge in [-0.1, -0.05) is 34.1 Å². The smallest absolute Gasteiger partial charge is 0.325 e. The third-order valence-corrected chi connectivity index (χ3v) is 5.51. The van der Waals surface area contributed by atoms with Gasteiger partial charge in [0.15, 0.2) is 5.75 Å². The highest BCUT2D eigenvalue weighted by Crippen LogP contribution is 2.39. The number of nitrogens with one attached hydrogen (secondary N) is 1. The summed E-state index contributed by atoms with van der Waals surface area (Å²) in [7, 11) is 0.802. The molecule has 2 N–H and O–H groups in total. The number of aromatic hydroxyl groups is 1. The second-order valence-corrected chi connectivity index (χ2v) is 9.16. The van der Waals surface area contributed by atoms with E-state index in [4.69, 9.17) is 9.47 Å². The van der Waals surface area contributed by atoms with Gasteiger partial charge in [-0.25, -0.2) is 0 Å². The number of phenolic OH excluding ortho intramolecular Hbond substituents is 1. The van der Waals surface area contributed by atoms with Crippen molar-refractivity contribution in [1.82, 2.24) is 5.32 Å². The van der Waals surface area contributed by atoms with Crippen LogP contribution in [0.2, 0.25) is 0 Å². The van der Waals surface area contributed by atoms with Crippen LogP contribution in [-0.4, -0.2) is 36.8 Å². The molecule has 0 aliphatic heterocycles. The highest BCUT2D eigenvalue weighted by Gasteiger charge is 2.16. The molecule has 1 unspecified atom stereocenters. The van der Waals surface area contributed by atoms with E-state index in [9.17, 15) is 14.7 Å². The lowest BCUT2D eigenvalue weighted by Gasteiger charge is -2.13. The molecule has 1 amide bonds. The molecule has 0 aliphatic rings. The molecule has 33 heavy (non-hydrogen) atoms. The lowest BCUT2D eigenvalue weighted by Crippen LogP contribution is -2.30. The molecule has 0 fully saturated rings. The summed E-state index contributed by atoms with van der Waals surface area (Å²) >= 11 is 7.02. The minimum absolute atomic E-state index is 0.00199. The Morgan fingerprint density at radius 2 is 1.64 bits per heavy atom. The molecular formula is C24H34Br2NO5P. The number of rotatable bonds is 8. The van der Waals surface area contributed by atoms with Crippen LogP contribution < -0.4 is 10.1 Å². The standard InChI is InChI=1S/C19H20Br2NO5P.C3H8.C2H6/c1-3-26-17(24)9-22-19(25)13-8-12(4-5-16(13)23)27-18-14(20)6-11(10-28-2)7-15(18)21;1-3-2;1-2/h4-8,23,28H,3,9-10H2,1-2H3,(H,22,25);3H2,1-2H3;1-2H3. The van der Waals surface area contributed by atoms with Gasteiger partial charge in [0.25, 0.3) is 5.91 Å². The van der Waals surface area contributed by atoms with Crippen molar-refractivity contribution in [2.45, 2.75) is 47.2 Å². The molecule has 0 heterocycles. The van der Waals surface area contributed by atoms with E-state index in [1.807, 2.05) is 26.0 Å². The number of amides is 1. The van der Waals surface area contributed by atoms with Crippen LogP contribution in [0.1, 0.15) is 57.0 Å². The molecule has 0 aromatic heterocycles. The predicted octanol–water partition coefficient (Wildman–Crippen LogP) is 7.25. The maximum Gasteiger partial charge on any atom is 0.325 e. The van der Waals surface area contributed by atoms with Crippen molar-refractivity contribution in [2.24, 2.45) is 0 Å². The number of carbonyl (C=O) groups is 2. The van der Waals surface area contributed by atoms with Crippen molar-refractivity contribution >= 4 is 52.3 Å². The second-order valence-electron chi connectivity index (χ2n) is 6.39. The van der Waals surface area contributed by atoms with Crippen LogP contribution in [0, 0.1) is 0 Å². The first-order valence-electron chi connectivity index (χ1n) is 10.8. The number of esters is 1. The number of benzene rings is 2. The number of halogens is 2. The molecular weight excluding hydrogens is 573 g/mol. The molecule has 0 saturated heterocycles. The van der Waals surface area contributed by atoms with E-state index in [0.717, 1.165) is 23.7 Å². The van der Waals surface area contributed by atoms with Crippen LogP contribution in [0.5, 0.6) is 17.2 Å². The first kappa shape index (κ1) is 31.4. The summed E-state index contributed by atoms with van der Waals surface area (Å²) in [6.45, 7) is 12.0. The molecule has 0 spiro atoms. The van der Waals surface area contributed by atoms with Gasteiger partial charge in [-0.15, -0.1) is 8.58 Å². The van der Waals surface area contributed by atoms with Gasteiger partial charge in [0, 0.05) is 0 Å². The molecule has 1 atom stereocenters. The molecule has 2 aromatic carbocycles. The number of hydrogen-bond donors (Lipinski definition) is 2. The monoisotopic (exact) mass is 605 g/mol. The van der Waals surface area contributed by atoms with Gasteiger partial charge in [-0.2, -0.15) is 0 Å². The summed E-state index contributed by atoms with van der Waals surface area (Å²) in [5.74, 6) is -0.444. The van der Waals surface area contributed by atoms with E-state index >= 15 is 0 Å². The normalized spacial score (nSPS) is 9.94. The zero-order chi connectivity index (χ0) is 25.4. The van der Waals surface area contributed by atoms with Crippen LogP contribution >= 0.6 is 40.4 Å². The van der Waals surface area contributed by atoms with E-state index in [1.165, 1.54) is 24.1 Å². The third kappa shape index (κ3) is 11.4. The van der Waals surface area contributed by atoms with Gasteiger partial charge in [0.05, 0.1) is 21.1 Å². The van der Waals surface area contributed by atoms with Gasteiger partial charge in [-0.05, 0) is 87.5 Å². The minimum Gasteiger partial charge on any atom is -0.507 e. The Hall–Kier alpha value is -1.63. The van der Waals surface area contributed by atoms with Gasteiger partial charge in [0.1, 0.15) is 18.0 Å². The number of carbonyl (C=O) groups excluding carboxylic acids is 2. The highest BCUT2D eigenvalue weighted by atomic mass is 79.9. The van der Waals surface area contributed by atoms with Gasteiger partial charge >= 0.3 is 5.97 Å². The zero-order valence-electron chi connectivity index (χ0n) is 20.1. The number of phenols is 1. The Morgan fingerprint density at radius 1 is 1.06 bits per heavy atom. The van der Waals surface area contributed by atoms with Gasteiger partial charge < -0.3 is 19.9 Å². The summed E-state index contributed by atoms with van der Waals surface area (Å²) in [6, 6.07) is 8.31. The van der Waals surface area contributed by atoms with E-state index in [-0.39, 0.29) is 24.5 Å². The van der Waals surface area contributed by atoms with E-state index in [1.54, 1.807) is 13.0 Å². The first-order chi connectivity index (χ1) is 15.8. The Bertz CT molecular complexity index is 870. The molecule has 2 aromatic rings. The van der Waals surface area contributed by atoms with E-state index in [2.05, 4.69) is 57.7 Å². The average Bonchev–Trinajstić information content (AvgIpc) is 2.78. The van der Waals surface area contributed by atoms with E-state index in [0.29, 0.717) is 11.5 Å². The highest BCUT2D eigenvalue weighted by molar-refractivity contribution is 9.11. The molecule has 184 valence electrons. The summed E-state index contributed by atoms with van der Waals surface area (Å²) < 4.78 is 12.2. The molecule has 0 saturated carbocycles. The average molecular weight is 607 g/mol. The van der Waals surface area contributed by atoms with Crippen molar-refractivity contribution in [3.63, 3.8) is 0 Å². The molecule has 0 radical (unpaired) electrons. The van der Waals surface area contributed by atoms with Crippen LogP contribution in [-0.2, 0) is 15.7 Å². The lowest BCUT2D eigenvalue weighted by atomic mass is 10.1. The van der Waals surface area contributed by atoms with Gasteiger partial charge in [0.2, 0.25) is 0 Å². The van der Waals surface area contributed by atoms with Crippen LogP contribution in [0.4, 0.5) is 0 Å². The topological polar surface area (TPSA) is 84.9 Å². The molecule has 0 bridgehead atoms.